The van der Waals surface area contributed by atoms with Gasteiger partial charge >= 0.3 is 0 Å². The second-order valence-electron chi connectivity index (χ2n) is 26.0. The number of rotatable bonds is 5. The van der Waals surface area contributed by atoms with Crippen molar-refractivity contribution in [2.75, 3.05) is 7.11 Å². The number of Topliss-reactive ketones (excluding diaryl/α,β-unsaturated/α-hetero) is 10. The molecule has 0 atom stereocenters. The molecule has 490 valence electrons. The summed E-state index contributed by atoms with van der Waals surface area (Å²) in [5.74, 6) is -0.555. The molecule has 5 aliphatic carbocycles. The maximum absolute atomic E-state index is 12.3. The number of hydrogen-bond donors (Lipinski definition) is 4. The molecule has 7 aromatic heterocycles. The molecule has 0 saturated heterocycles. The number of pyridine rings is 2. The maximum Gasteiger partial charge on any atom is 0.255 e. The molecule has 0 amide bonds. The third-order valence-corrected chi connectivity index (χ3v) is 16.7. The number of aromatic nitrogens is 12. The van der Waals surface area contributed by atoms with Crippen LogP contribution in [-0.4, -0.2) is 124 Å². The Labute approximate surface area is 560 Å². The summed E-state index contributed by atoms with van der Waals surface area (Å²) >= 11 is 0. The van der Waals surface area contributed by atoms with Gasteiger partial charge in [0.25, 0.3) is 40.5 Å². The van der Waals surface area contributed by atoms with E-state index in [0.29, 0.717) is 97.2 Å². The first kappa shape index (κ1) is 65.8. The number of methoxy groups -OCH3 is 1. The fourth-order valence-electron chi connectivity index (χ4n) is 11.9. The number of ether oxygens (including phenoxy) is 1. The van der Waals surface area contributed by atoms with Crippen LogP contribution < -0.4 is 4.74 Å². The van der Waals surface area contributed by atoms with E-state index < -0.39 is 57.8 Å². The highest BCUT2D eigenvalue weighted by Crippen LogP contribution is 2.39. The number of nitrogens with zero attached hydrogens (tertiary/aromatic N) is 8. The SMILES string of the molecule is CC(C)(C)c1nc2c([nH]1)C(=O)C(=O)c1ncccc1-2.CC(C)Cc1nc2c([nH]1)C(=O)C(=O)c1ccccc1-2.CCc1nc2c([nH]1)C(=O)C(=O)c1ccccc1-2.COc1ccc(-c2nc3c([nH]2)C(=O)C(=O)c2ccccc2-3)cc1.Cn1c(C(C)(C)C)nc2c1-c1cccnc1C(=O)C2=O. The first-order chi connectivity index (χ1) is 46.7. The van der Waals surface area contributed by atoms with Crippen molar-refractivity contribution in [2.24, 2.45) is 13.0 Å². The van der Waals surface area contributed by atoms with Crippen LogP contribution >= 0.6 is 0 Å². The minimum atomic E-state index is -0.577. The van der Waals surface area contributed by atoms with Gasteiger partial charge in [0.2, 0.25) is 17.3 Å². The Kier molecular flexibility index (Phi) is 17.1. The lowest BCUT2D eigenvalue weighted by molar-refractivity contribution is 0.0809. The minimum Gasteiger partial charge on any atom is -0.497 e. The molecule has 16 rings (SSSR count). The molecule has 5 aliphatic rings. The number of carbonyl (C=O) groups excluding carboxylic acids is 10. The Morgan fingerprint density at radius 3 is 1.31 bits per heavy atom. The van der Waals surface area contributed by atoms with Crippen molar-refractivity contribution in [3.05, 3.63) is 214 Å². The van der Waals surface area contributed by atoms with Crippen LogP contribution in [0.5, 0.6) is 5.75 Å². The molecule has 0 bridgehead atoms. The quantitative estimate of drug-likeness (QED) is 0.116. The molecule has 0 aliphatic heterocycles. The van der Waals surface area contributed by atoms with Crippen molar-refractivity contribution in [1.82, 2.24) is 59.4 Å². The smallest absolute Gasteiger partial charge is 0.255 e. The number of H-pyrrole nitrogens is 4. The number of ketones is 10. The van der Waals surface area contributed by atoms with Gasteiger partial charge in [0.15, 0.2) is 0 Å². The summed E-state index contributed by atoms with van der Waals surface area (Å²) in [6, 6.07) is 35.6. The van der Waals surface area contributed by atoms with Crippen LogP contribution in [0, 0.1) is 5.92 Å². The summed E-state index contributed by atoms with van der Waals surface area (Å²) in [6.45, 7) is 18.2. The van der Waals surface area contributed by atoms with Gasteiger partial charge in [0.1, 0.15) is 97.5 Å². The second-order valence-corrected chi connectivity index (χ2v) is 26.0. The molecule has 23 nitrogen and oxygen atoms in total. The lowest BCUT2D eigenvalue weighted by atomic mass is 9.90. The molecule has 4 N–H and O–H groups in total. The van der Waals surface area contributed by atoms with E-state index in [9.17, 15) is 47.9 Å². The van der Waals surface area contributed by atoms with Gasteiger partial charge in [0, 0.05) is 93.2 Å². The van der Waals surface area contributed by atoms with Gasteiger partial charge in [-0.05, 0) is 54.4 Å². The van der Waals surface area contributed by atoms with Gasteiger partial charge in [0.05, 0.1) is 12.8 Å². The predicted molar refractivity (Wildman–Crippen MR) is 361 cm³/mol. The zero-order chi connectivity index (χ0) is 70.0. The predicted octanol–water partition coefficient (Wildman–Crippen LogP) is 12.1. The van der Waals surface area contributed by atoms with Crippen LogP contribution in [0.1, 0.15) is 190 Å². The summed E-state index contributed by atoms with van der Waals surface area (Å²) in [6.07, 6.45) is 4.50. The van der Waals surface area contributed by atoms with E-state index in [1.54, 1.807) is 73.8 Å². The number of carbonyl (C=O) groups is 10. The fourth-order valence-corrected chi connectivity index (χ4v) is 11.9. The monoisotopic (exact) mass is 1310 g/mol. The van der Waals surface area contributed by atoms with Crippen LogP contribution in [0.4, 0.5) is 0 Å². The minimum absolute atomic E-state index is 0.187. The molecule has 4 aromatic carbocycles. The van der Waals surface area contributed by atoms with Crippen molar-refractivity contribution < 1.29 is 52.7 Å². The van der Waals surface area contributed by atoms with Crippen molar-refractivity contribution in [3.63, 3.8) is 0 Å². The molecule has 0 spiro atoms. The van der Waals surface area contributed by atoms with Crippen molar-refractivity contribution in [2.45, 2.75) is 86.0 Å². The average Bonchev–Trinajstić information content (AvgIpc) is 1.56. The summed E-state index contributed by atoms with van der Waals surface area (Å²) in [5.41, 5.74) is 9.90. The number of aromatic amines is 4. The molecular weight excluding hydrogens is 1240 g/mol. The molecule has 0 radical (unpaired) electrons. The van der Waals surface area contributed by atoms with Crippen LogP contribution in [0.15, 0.2) is 134 Å². The lowest BCUT2D eigenvalue weighted by Crippen LogP contribution is -2.23. The van der Waals surface area contributed by atoms with Gasteiger partial charge in [-0.2, -0.15) is 0 Å². The highest BCUT2D eigenvalue weighted by molar-refractivity contribution is 6.54. The van der Waals surface area contributed by atoms with Crippen molar-refractivity contribution in [3.8, 4) is 73.4 Å². The Morgan fingerprint density at radius 1 is 0.408 bits per heavy atom. The van der Waals surface area contributed by atoms with Gasteiger partial charge in [-0.25, -0.2) is 24.9 Å². The summed E-state index contributed by atoms with van der Waals surface area (Å²) in [4.78, 5) is 163. The number of fused-ring (bicyclic) bond motifs is 15. The molecule has 98 heavy (non-hydrogen) atoms. The number of nitrogens with one attached hydrogen (secondary N) is 4. The molecule has 23 heteroatoms. The summed E-state index contributed by atoms with van der Waals surface area (Å²) < 4.78 is 7.02. The van der Waals surface area contributed by atoms with Crippen LogP contribution in [0.3, 0.4) is 0 Å². The Bertz CT molecular complexity index is 5210. The third-order valence-electron chi connectivity index (χ3n) is 16.7. The topological polar surface area (TPSA) is 338 Å². The lowest BCUT2D eigenvalue weighted by Gasteiger charge is -2.19. The Hall–Kier alpha value is -12.3. The molecular formula is C75H64N12O11. The largest absolute Gasteiger partial charge is 0.497 e. The summed E-state index contributed by atoms with van der Waals surface area (Å²) in [5, 5.41) is 0. The van der Waals surface area contributed by atoms with E-state index >= 15 is 0 Å². The molecule has 0 fully saturated rings. The van der Waals surface area contributed by atoms with Crippen molar-refractivity contribution in [1.29, 1.82) is 0 Å². The zero-order valence-corrected chi connectivity index (χ0v) is 55.3. The van der Waals surface area contributed by atoms with E-state index in [2.05, 4.69) is 68.7 Å². The highest BCUT2D eigenvalue weighted by Gasteiger charge is 2.40. The normalized spacial score (nSPS) is 13.6. The first-order valence-corrected chi connectivity index (χ1v) is 31.4. The highest BCUT2D eigenvalue weighted by atomic mass is 16.5. The molecule has 7 heterocycles. The van der Waals surface area contributed by atoms with Gasteiger partial charge < -0.3 is 29.2 Å². The van der Waals surface area contributed by atoms with E-state index in [-0.39, 0.29) is 39.3 Å². The molecule has 0 saturated carbocycles. The van der Waals surface area contributed by atoms with Gasteiger partial charge in [-0.15, -0.1) is 0 Å². The van der Waals surface area contributed by atoms with E-state index in [4.69, 9.17) is 4.74 Å². The number of imidazole rings is 5. The first-order valence-electron chi connectivity index (χ1n) is 31.4. The average molecular weight is 1310 g/mol. The van der Waals surface area contributed by atoms with Gasteiger partial charge in [-0.3, -0.25) is 57.9 Å². The standard InChI is InChI=1S/C18H12N2O3.C15H15N3O2.C15H14N2O2.C14H13N3O2.C13H10N2O2/c1-23-11-8-6-10(7-9-11)18-19-14-12-4-2-3-5-13(12)16(21)17(22)15(14)20-18;1-15(2,3)14-17-10-11(18(14)4)8-6-5-7-16-9(8)12(19)13(10)20;1-8(2)7-11-16-12-9-5-3-4-6-10(9)14(18)15(19)13(12)17-11;1-14(2,3)13-16-8-7-5-4-6-15-9(7)11(18)12(19)10(8)17-13;1-2-9-14-10-7-5-3-4-6-8(7)12(16)13(17)11(10)15-9/h2-9H,1H3,(H,19,20);5-7H,1-4H3;3-6,8H,7H2,1-2H3,(H,16,17);4-6H,1-3H3,(H,16,17);3-6H,2H2,1H3,(H,14,15). The zero-order valence-electron chi connectivity index (χ0n) is 55.3. The molecule has 0 unspecified atom stereocenters. The van der Waals surface area contributed by atoms with Crippen LogP contribution in [-0.2, 0) is 30.7 Å². The number of hydrogen-bond acceptors (Lipinski definition) is 18. The van der Waals surface area contributed by atoms with Crippen LogP contribution in [0.25, 0.3) is 67.7 Å². The second kappa shape index (κ2) is 25.5. The third kappa shape index (κ3) is 11.8. The van der Waals surface area contributed by atoms with E-state index in [1.807, 2.05) is 115 Å². The summed E-state index contributed by atoms with van der Waals surface area (Å²) in [7, 11) is 3.47. The maximum atomic E-state index is 12.3. The van der Waals surface area contributed by atoms with E-state index in [0.717, 1.165) is 46.3 Å². The Morgan fingerprint density at radius 2 is 0.816 bits per heavy atom. The van der Waals surface area contributed by atoms with Gasteiger partial charge in [-0.1, -0.05) is 135 Å². The number of aryl methyl sites for hydroxylation is 1. The van der Waals surface area contributed by atoms with Crippen molar-refractivity contribution >= 4 is 57.8 Å². The van der Waals surface area contributed by atoms with Crippen LogP contribution in [0.2, 0.25) is 0 Å². The fraction of sp³-hybridized carbons (Fsp3) is 0.213. The number of benzene rings is 4. The molecule has 11 aromatic rings. The van der Waals surface area contributed by atoms with E-state index in [1.165, 1.54) is 12.4 Å². The Balaban J connectivity index is 0.000000117.